The van der Waals surface area contributed by atoms with Gasteiger partial charge in [-0.05, 0) is 31.5 Å². The first-order valence-corrected chi connectivity index (χ1v) is 11.6. The van der Waals surface area contributed by atoms with E-state index < -0.39 is 30.8 Å². The van der Waals surface area contributed by atoms with Crippen LogP contribution in [0.5, 0.6) is 23.3 Å². The number of benzene rings is 3. The zero-order valence-corrected chi connectivity index (χ0v) is 20.3. The van der Waals surface area contributed by atoms with Crippen LogP contribution in [-0.4, -0.2) is 47.0 Å². The molecule has 1 heterocycles. The Hall–Kier alpha value is -3.72. The van der Waals surface area contributed by atoms with Gasteiger partial charge in [0.25, 0.3) is 6.43 Å². The lowest BCUT2D eigenvalue weighted by Gasteiger charge is -2.15. The van der Waals surface area contributed by atoms with E-state index in [1.54, 1.807) is 44.2 Å². The van der Waals surface area contributed by atoms with Crippen LogP contribution in [0.3, 0.4) is 0 Å². The molecular formula is C26H24ClF2NO6. The minimum Gasteiger partial charge on any atom is -0.494 e. The maximum atomic E-state index is 13.1. The number of fused-ring (bicyclic) bond motifs is 2. The lowest BCUT2D eigenvalue weighted by Crippen LogP contribution is -2.08. The highest BCUT2D eigenvalue weighted by Crippen LogP contribution is 2.53. The van der Waals surface area contributed by atoms with Crippen LogP contribution in [0.2, 0.25) is 5.02 Å². The Morgan fingerprint density at radius 2 is 1.58 bits per heavy atom. The molecule has 1 aromatic heterocycles. The van der Waals surface area contributed by atoms with Crippen molar-refractivity contribution < 1.29 is 38.0 Å². The number of carbonyl (C=O) groups is 1. The molecule has 0 saturated heterocycles. The Morgan fingerprint density at radius 1 is 0.972 bits per heavy atom. The van der Waals surface area contributed by atoms with Gasteiger partial charge in [-0.2, -0.15) is 0 Å². The van der Waals surface area contributed by atoms with Crippen LogP contribution in [0.25, 0.3) is 27.2 Å². The normalized spacial score (nSPS) is 11.4. The van der Waals surface area contributed by atoms with Gasteiger partial charge < -0.3 is 24.4 Å². The molecule has 0 amide bonds. The van der Waals surface area contributed by atoms with Crippen molar-refractivity contribution in [3.8, 4) is 28.9 Å². The van der Waals surface area contributed by atoms with Crippen molar-refractivity contribution in [3.63, 3.8) is 0 Å². The molecule has 0 bridgehead atoms. The molecule has 4 aromatic rings. The maximum absolute atomic E-state index is 13.1. The molecule has 3 aromatic carbocycles. The Morgan fingerprint density at radius 3 is 2.11 bits per heavy atom. The topological polar surface area (TPSA) is 90.2 Å². The largest absolute Gasteiger partial charge is 0.494 e. The average molecular weight is 520 g/mol. The minimum absolute atomic E-state index is 0.00182. The highest BCUT2D eigenvalue weighted by atomic mass is 35.5. The number of rotatable bonds is 9. The molecule has 7 nitrogen and oxygen atoms in total. The lowest BCUT2D eigenvalue weighted by atomic mass is 10.0. The first-order valence-electron chi connectivity index (χ1n) is 11.3. The monoisotopic (exact) mass is 519 g/mol. The summed E-state index contributed by atoms with van der Waals surface area (Å²) >= 11 is 6.49. The third-order valence-corrected chi connectivity index (χ3v) is 5.84. The van der Waals surface area contributed by atoms with Gasteiger partial charge >= 0.3 is 5.97 Å². The first kappa shape index (κ1) is 25.4. The summed E-state index contributed by atoms with van der Waals surface area (Å²) in [7, 11) is 0. The summed E-state index contributed by atoms with van der Waals surface area (Å²) in [6.45, 7) is 3.03. The second-order valence-corrected chi connectivity index (χ2v) is 8.25. The number of alkyl halides is 2. The molecular weight excluding hydrogens is 496 g/mol. The molecule has 0 fully saturated rings. The number of carbonyl (C=O) groups excluding carboxylic acids is 1. The van der Waals surface area contributed by atoms with E-state index in [-0.39, 0.29) is 52.6 Å². The summed E-state index contributed by atoms with van der Waals surface area (Å²) in [6, 6.07) is 11.5. The zero-order chi connectivity index (χ0) is 26.0. The van der Waals surface area contributed by atoms with E-state index in [1.807, 2.05) is 0 Å². The molecule has 36 heavy (non-hydrogen) atoms. The van der Waals surface area contributed by atoms with Crippen LogP contribution in [0.15, 0.2) is 42.5 Å². The van der Waals surface area contributed by atoms with E-state index in [1.165, 1.54) is 12.1 Å². The maximum Gasteiger partial charge on any atom is 0.310 e. The number of aromatic hydroxyl groups is 2. The van der Waals surface area contributed by atoms with Crippen molar-refractivity contribution in [2.45, 2.75) is 26.7 Å². The lowest BCUT2D eigenvalue weighted by molar-refractivity contribution is -0.142. The molecule has 2 N–H and O–H groups in total. The summed E-state index contributed by atoms with van der Waals surface area (Å²) in [6.07, 6.45) is -2.77. The summed E-state index contributed by atoms with van der Waals surface area (Å²) in [5.41, 5.74) is 0.765. The highest BCUT2D eigenvalue weighted by Gasteiger charge is 2.29. The summed E-state index contributed by atoms with van der Waals surface area (Å²) < 4.78 is 43.5. The van der Waals surface area contributed by atoms with Crippen LogP contribution in [-0.2, 0) is 16.0 Å². The average Bonchev–Trinajstić information content (AvgIpc) is 3.09. The predicted octanol–water partition coefficient (Wildman–Crippen LogP) is 6.00. The fourth-order valence-electron chi connectivity index (χ4n) is 4.17. The minimum atomic E-state index is -2.76. The van der Waals surface area contributed by atoms with Crippen LogP contribution in [0, 0.1) is 0 Å². The van der Waals surface area contributed by atoms with Crippen LogP contribution < -0.4 is 9.47 Å². The molecule has 0 spiro atoms. The van der Waals surface area contributed by atoms with Gasteiger partial charge in [0.15, 0.2) is 0 Å². The van der Waals surface area contributed by atoms with E-state index >= 15 is 0 Å². The van der Waals surface area contributed by atoms with Crippen LogP contribution in [0.1, 0.15) is 19.4 Å². The number of halogens is 3. The molecule has 0 aliphatic rings. The van der Waals surface area contributed by atoms with E-state index in [4.69, 9.17) is 25.8 Å². The van der Waals surface area contributed by atoms with Gasteiger partial charge in [-0.3, -0.25) is 4.79 Å². The SMILES string of the molecule is CCOC(=O)Cc1ccc(-n2c(O)c3c(OCC)c4ccccc4c(OCC(F)F)c3c2O)c(Cl)c1. The van der Waals surface area contributed by atoms with Gasteiger partial charge in [0.1, 0.15) is 18.1 Å². The van der Waals surface area contributed by atoms with Gasteiger partial charge in [-0.1, -0.05) is 41.9 Å². The number of ether oxygens (including phenoxy) is 3. The third-order valence-electron chi connectivity index (χ3n) is 5.54. The van der Waals surface area contributed by atoms with E-state index in [2.05, 4.69) is 0 Å². The zero-order valence-electron chi connectivity index (χ0n) is 19.6. The fraction of sp³-hybridized carbons (Fsp3) is 0.269. The summed E-state index contributed by atoms with van der Waals surface area (Å²) in [4.78, 5) is 11.8. The Balaban J connectivity index is 1.98. The van der Waals surface area contributed by atoms with E-state index in [0.29, 0.717) is 16.3 Å². The smallest absolute Gasteiger partial charge is 0.310 e. The molecule has 0 radical (unpaired) electrons. The standard InChI is InChI=1S/C26H24ClF2NO6/c1-3-34-20(31)12-14-9-10-18(17(27)11-14)30-25(32)21-22(26(30)33)24(36-13-19(28)29)16-8-6-5-7-15(16)23(21)35-4-2/h5-11,19,32-33H,3-4,12-13H2,1-2H3. The second kappa shape index (κ2) is 10.5. The molecule has 0 saturated carbocycles. The molecule has 0 atom stereocenters. The van der Waals surface area contributed by atoms with Crippen molar-refractivity contribution in [3.05, 3.63) is 53.1 Å². The molecule has 0 aliphatic carbocycles. The fourth-order valence-corrected chi connectivity index (χ4v) is 4.45. The predicted molar refractivity (Wildman–Crippen MR) is 132 cm³/mol. The molecule has 0 aliphatic heterocycles. The van der Waals surface area contributed by atoms with Crippen LogP contribution >= 0.6 is 11.6 Å². The Bertz CT molecular complexity index is 1440. The Labute approximate surface area is 210 Å². The van der Waals surface area contributed by atoms with Crippen molar-refractivity contribution in [2.75, 3.05) is 19.8 Å². The third kappa shape index (κ3) is 4.58. The van der Waals surface area contributed by atoms with Gasteiger partial charge in [0.05, 0.1) is 41.1 Å². The number of aromatic nitrogens is 1. The van der Waals surface area contributed by atoms with E-state index in [9.17, 15) is 23.8 Å². The molecule has 10 heteroatoms. The van der Waals surface area contributed by atoms with Crippen molar-refractivity contribution in [2.24, 2.45) is 0 Å². The molecule has 0 unspecified atom stereocenters. The van der Waals surface area contributed by atoms with Gasteiger partial charge in [0, 0.05) is 10.8 Å². The highest BCUT2D eigenvalue weighted by molar-refractivity contribution is 6.32. The van der Waals surface area contributed by atoms with Crippen molar-refractivity contribution in [1.29, 1.82) is 0 Å². The quantitative estimate of drug-likeness (QED) is 0.264. The summed E-state index contributed by atoms with van der Waals surface area (Å²) in [5, 5.41) is 23.7. The van der Waals surface area contributed by atoms with Crippen molar-refractivity contribution in [1.82, 2.24) is 4.57 Å². The number of hydrogen-bond donors (Lipinski definition) is 2. The molecule has 4 rings (SSSR count). The van der Waals surface area contributed by atoms with Gasteiger partial charge in [-0.15, -0.1) is 0 Å². The second-order valence-electron chi connectivity index (χ2n) is 7.84. The number of esters is 1. The number of hydrogen-bond acceptors (Lipinski definition) is 6. The summed E-state index contributed by atoms with van der Waals surface area (Å²) in [5.74, 6) is -1.08. The van der Waals surface area contributed by atoms with Gasteiger partial charge in [-0.25, -0.2) is 13.3 Å². The molecule has 190 valence electrons. The first-order chi connectivity index (χ1) is 17.3. The Kier molecular flexibility index (Phi) is 7.40. The van der Waals surface area contributed by atoms with Gasteiger partial charge in [0.2, 0.25) is 11.8 Å². The number of nitrogens with zero attached hydrogens (tertiary/aromatic N) is 1. The van der Waals surface area contributed by atoms with Crippen molar-refractivity contribution >= 4 is 39.1 Å². The van der Waals surface area contributed by atoms with E-state index in [0.717, 1.165) is 4.57 Å². The van der Waals surface area contributed by atoms with Crippen LogP contribution in [0.4, 0.5) is 8.78 Å².